The second-order valence-corrected chi connectivity index (χ2v) is 4.39. The van der Waals surface area contributed by atoms with Crippen LogP contribution in [-0.2, 0) is 6.42 Å². The maximum atomic E-state index is 13.9. The maximum Gasteiger partial charge on any atom is 0.168 e. The van der Waals surface area contributed by atoms with Crippen molar-refractivity contribution in [2.75, 3.05) is 7.11 Å². The number of halogens is 1. The van der Waals surface area contributed by atoms with Gasteiger partial charge in [0.2, 0.25) is 0 Å². The lowest BCUT2D eigenvalue weighted by molar-refractivity contribution is 0.201. The van der Waals surface area contributed by atoms with Crippen LogP contribution in [0.3, 0.4) is 0 Å². The van der Waals surface area contributed by atoms with Crippen molar-refractivity contribution < 1.29 is 14.2 Å². The summed E-state index contributed by atoms with van der Waals surface area (Å²) in [6.45, 7) is 0. The molecule has 0 amide bonds. The molecule has 0 spiro atoms. The first-order chi connectivity index (χ1) is 8.20. The van der Waals surface area contributed by atoms with E-state index >= 15 is 0 Å². The van der Waals surface area contributed by atoms with E-state index in [1.165, 1.54) is 7.11 Å². The van der Waals surface area contributed by atoms with Gasteiger partial charge in [0, 0.05) is 0 Å². The Labute approximate surface area is 101 Å². The van der Waals surface area contributed by atoms with Crippen molar-refractivity contribution in [3.05, 3.63) is 41.2 Å². The summed E-state index contributed by atoms with van der Waals surface area (Å²) in [5, 5.41) is 9.53. The molecule has 2 rings (SSSR count). The summed E-state index contributed by atoms with van der Waals surface area (Å²) >= 11 is 0. The number of aliphatic hydroxyl groups is 1. The number of hydrogen-bond donors (Lipinski definition) is 1. The number of hydrogen-bond acceptors (Lipinski definition) is 2. The van der Waals surface area contributed by atoms with Crippen LogP contribution in [0.25, 0.3) is 0 Å². The van der Waals surface area contributed by atoms with Gasteiger partial charge in [-0.3, -0.25) is 0 Å². The molecule has 1 atom stereocenters. The average molecular weight is 236 g/mol. The SMILES string of the molecule is COc1cccc(CC2=CC(O)CCC2)c1F. The van der Waals surface area contributed by atoms with Crippen molar-refractivity contribution in [2.45, 2.75) is 31.8 Å². The number of rotatable bonds is 3. The molecule has 1 aliphatic rings. The fourth-order valence-corrected chi connectivity index (χ4v) is 2.22. The molecule has 3 heteroatoms. The van der Waals surface area contributed by atoms with E-state index in [-0.39, 0.29) is 17.7 Å². The molecule has 0 saturated heterocycles. The Kier molecular flexibility index (Phi) is 3.79. The van der Waals surface area contributed by atoms with Gasteiger partial charge in [0.25, 0.3) is 0 Å². The smallest absolute Gasteiger partial charge is 0.168 e. The van der Waals surface area contributed by atoms with Crippen molar-refractivity contribution in [1.82, 2.24) is 0 Å². The molecule has 17 heavy (non-hydrogen) atoms. The largest absolute Gasteiger partial charge is 0.494 e. The molecule has 92 valence electrons. The van der Waals surface area contributed by atoms with Gasteiger partial charge in [-0.25, -0.2) is 4.39 Å². The van der Waals surface area contributed by atoms with E-state index in [2.05, 4.69) is 0 Å². The Bertz CT molecular complexity index is 426. The number of allylic oxidation sites excluding steroid dienone is 1. The Morgan fingerprint density at radius 1 is 1.47 bits per heavy atom. The van der Waals surface area contributed by atoms with E-state index in [4.69, 9.17) is 4.74 Å². The number of methoxy groups -OCH3 is 1. The minimum atomic E-state index is -0.368. The minimum Gasteiger partial charge on any atom is -0.494 e. The highest BCUT2D eigenvalue weighted by molar-refractivity contribution is 5.34. The topological polar surface area (TPSA) is 29.5 Å². The molecule has 1 N–H and O–H groups in total. The van der Waals surface area contributed by atoms with Crippen LogP contribution in [0.1, 0.15) is 24.8 Å². The van der Waals surface area contributed by atoms with Crippen LogP contribution < -0.4 is 4.74 Å². The molecule has 1 aromatic carbocycles. The molecule has 1 aliphatic carbocycles. The van der Waals surface area contributed by atoms with E-state index in [1.54, 1.807) is 18.2 Å². The van der Waals surface area contributed by atoms with Crippen molar-refractivity contribution in [2.24, 2.45) is 0 Å². The summed E-state index contributed by atoms with van der Waals surface area (Å²) in [4.78, 5) is 0. The monoisotopic (exact) mass is 236 g/mol. The van der Waals surface area contributed by atoms with Crippen molar-refractivity contribution >= 4 is 0 Å². The van der Waals surface area contributed by atoms with Gasteiger partial charge in [-0.05, 0) is 37.3 Å². The van der Waals surface area contributed by atoms with Gasteiger partial charge in [0.1, 0.15) is 0 Å². The summed E-state index contributed by atoms with van der Waals surface area (Å²) in [5.41, 5.74) is 1.74. The van der Waals surface area contributed by atoms with E-state index in [1.807, 2.05) is 6.08 Å². The van der Waals surface area contributed by atoms with Crippen LogP contribution in [0.4, 0.5) is 4.39 Å². The first kappa shape index (κ1) is 12.1. The standard InChI is InChI=1S/C14H17FO2/c1-17-13-7-3-5-11(14(13)15)8-10-4-2-6-12(16)9-10/h3,5,7,9,12,16H,2,4,6,8H2,1H3. The number of benzene rings is 1. The van der Waals surface area contributed by atoms with E-state index in [0.717, 1.165) is 24.8 Å². The summed E-state index contributed by atoms with van der Waals surface area (Å²) in [5.74, 6) is -0.0181. The molecule has 2 nitrogen and oxygen atoms in total. The van der Waals surface area contributed by atoms with Crippen LogP contribution in [0.2, 0.25) is 0 Å². The zero-order valence-electron chi connectivity index (χ0n) is 9.95. The first-order valence-electron chi connectivity index (χ1n) is 5.89. The molecule has 1 unspecified atom stereocenters. The summed E-state index contributed by atoms with van der Waals surface area (Å²) in [6.07, 6.45) is 4.76. The third-order valence-electron chi connectivity index (χ3n) is 3.11. The molecule has 0 fully saturated rings. The minimum absolute atomic E-state index is 0.277. The lowest BCUT2D eigenvalue weighted by atomic mass is 9.92. The second-order valence-electron chi connectivity index (χ2n) is 4.39. The fraction of sp³-hybridized carbons (Fsp3) is 0.429. The predicted molar refractivity (Wildman–Crippen MR) is 64.6 cm³/mol. The van der Waals surface area contributed by atoms with Gasteiger partial charge in [-0.1, -0.05) is 23.8 Å². The van der Waals surface area contributed by atoms with Gasteiger partial charge in [-0.2, -0.15) is 0 Å². The summed E-state index contributed by atoms with van der Waals surface area (Å²) in [6, 6.07) is 5.17. The third-order valence-corrected chi connectivity index (χ3v) is 3.11. The second kappa shape index (κ2) is 5.32. The number of ether oxygens (including phenoxy) is 1. The molecule has 0 aromatic heterocycles. The molecule has 1 aromatic rings. The first-order valence-corrected chi connectivity index (χ1v) is 5.89. The van der Waals surface area contributed by atoms with Gasteiger partial charge < -0.3 is 9.84 Å². The van der Waals surface area contributed by atoms with Crippen LogP contribution in [0.5, 0.6) is 5.75 Å². The van der Waals surface area contributed by atoms with Crippen molar-refractivity contribution in [3.63, 3.8) is 0 Å². The van der Waals surface area contributed by atoms with Gasteiger partial charge in [0.15, 0.2) is 11.6 Å². The third kappa shape index (κ3) is 2.86. The maximum absolute atomic E-state index is 13.9. The fourth-order valence-electron chi connectivity index (χ4n) is 2.22. The van der Waals surface area contributed by atoms with Gasteiger partial charge in [0.05, 0.1) is 13.2 Å². The quantitative estimate of drug-likeness (QED) is 0.818. The van der Waals surface area contributed by atoms with Crippen LogP contribution in [-0.4, -0.2) is 18.3 Å². The normalized spacial score (nSPS) is 19.9. The summed E-state index contributed by atoms with van der Waals surface area (Å²) in [7, 11) is 1.46. The van der Waals surface area contributed by atoms with E-state index < -0.39 is 0 Å². The van der Waals surface area contributed by atoms with Gasteiger partial charge in [-0.15, -0.1) is 0 Å². The number of aliphatic hydroxyl groups excluding tert-OH is 1. The molecular formula is C14H17FO2. The van der Waals surface area contributed by atoms with Crippen molar-refractivity contribution in [1.29, 1.82) is 0 Å². The van der Waals surface area contributed by atoms with Gasteiger partial charge >= 0.3 is 0 Å². The van der Waals surface area contributed by atoms with Crippen molar-refractivity contribution in [3.8, 4) is 5.75 Å². The molecular weight excluding hydrogens is 219 g/mol. The van der Waals surface area contributed by atoms with Crippen LogP contribution in [0, 0.1) is 5.82 Å². The highest BCUT2D eigenvalue weighted by atomic mass is 19.1. The highest BCUT2D eigenvalue weighted by Gasteiger charge is 2.14. The van der Waals surface area contributed by atoms with Crippen LogP contribution in [0.15, 0.2) is 29.8 Å². The molecule has 0 aliphatic heterocycles. The Hall–Kier alpha value is -1.35. The average Bonchev–Trinajstić information content (AvgIpc) is 2.32. The molecule has 0 saturated carbocycles. The Balaban J connectivity index is 2.18. The molecule has 0 radical (unpaired) electrons. The lowest BCUT2D eigenvalue weighted by Gasteiger charge is -2.17. The predicted octanol–water partition coefficient (Wildman–Crippen LogP) is 2.85. The van der Waals surface area contributed by atoms with E-state index in [9.17, 15) is 9.50 Å². The lowest BCUT2D eigenvalue weighted by Crippen LogP contribution is -2.10. The molecule has 0 heterocycles. The Morgan fingerprint density at radius 3 is 3.00 bits per heavy atom. The highest BCUT2D eigenvalue weighted by Crippen LogP contribution is 2.26. The zero-order chi connectivity index (χ0) is 12.3. The summed E-state index contributed by atoms with van der Waals surface area (Å²) < 4.78 is 18.9. The van der Waals surface area contributed by atoms with Crippen LogP contribution >= 0.6 is 0 Å². The zero-order valence-corrected chi connectivity index (χ0v) is 9.95. The Morgan fingerprint density at radius 2 is 2.29 bits per heavy atom. The van der Waals surface area contributed by atoms with E-state index in [0.29, 0.717) is 12.0 Å². The molecule has 0 bridgehead atoms.